The van der Waals surface area contributed by atoms with Gasteiger partial charge in [-0.3, -0.25) is 0 Å². The molecule has 21 heavy (non-hydrogen) atoms. The molecular weight excluding hydrogens is 295 g/mol. The third-order valence-electron chi connectivity index (χ3n) is 2.82. The van der Waals surface area contributed by atoms with E-state index in [1.165, 1.54) is 0 Å². The third-order valence-corrected chi connectivity index (χ3v) is 2.82. The van der Waals surface area contributed by atoms with Crippen molar-refractivity contribution in [1.29, 1.82) is 0 Å². The molecule has 0 aliphatic carbocycles. The minimum Gasteiger partial charge on any atom is -1.00 e. The van der Waals surface area contributed by atoms with Gasteiger partial charge >= 0.3 is 63.3 Å². The summed E-state index contributed by atoms with van der Waals surface area (Å²) in [5.41, 5.74) is 0.900. The average molecular weight is 318 g/mol. The fourth-order valence-corrected chi connectivity index (χ4v) is 1.53. The molecule has 5 heteroatoms. The van der Waals surface area contributed by atoms with Gasteiger partial charge < -0.3 is 10.9 Å². The van der Waals surface area contributed by atoms with Gasteiger partial charge in [0.15, 0.2) is 0 Å². The van der Waals surface area contributed by atoms with E-state index in [0.717, 1.165) is 25.7 Å². The summed E-state index contributed by atoms with van der Waals surface area (Å²) in [5, 5.41) is 0. The van der Waals surface area contributed by atoms with Gasteiger partial charge in [0.2, 0.25) is 0 Å². The van der Waals surface area contributed by atoms with E-state index in [1.807, 2.05) is 13.8 Å². The fraction of sp³-hybridized carbons (Fsp3) is 0.500. The second kappa shape index (κ2) is 12.4. The molecule has 0 fully saturated rings. The molecule has 0 amide bonds. The molecule has 0 heterocycles. The van der Waals surface area contributed by atoms with Gasteiger partial charge in [-0.1, -0.05) is 26.7 Å². The number of carbonyl (C=O) groups is 2. The van der Waals surface area contributed by atoms with E-state index in [0.29, 0.717) is 24.3 Å². The maximum atomic E-state index is 11.7. The number of esters is 2. The molecule has 0 aliphatic heterocycles. The molecule has 0 aromatic heterocycles. The van der Waals surface area contributed by atoms with Gasteiger partial charge in [-0.2, -0.15) is 0 Å². The van der Waals surface area contributed by atoms with Crippen molar-refractivity contribution < 1.29 is 71.9 Å². The van der Waals surface area contributed by atoms with Gasteiger partial charge in [0, 0.05) is 0 Å². The monoisotopic (exact) mass is 318 g/mol. The number of unbranched alkanes of at least 4 members (excludes halogenated alkanes) is 2. The predicted molar refractivity (Wildman–Crippen MR) is 77.9 cm³/mol. The van der Waals surface area contributed by atoms with Crippen LogP contribution in [0.15, 0.2) is 24.3 Å². The summed E-state index contributed by atoms with van der Waals surface area (Å²) in [6.45, 7) is 4.92. The van der Waals surface area contributed by atoms with E-state index in [4.69, 9.17) is 9.47 Å². The van der Waals surface area contributed by atoms with Crippen LogP contribution in [-0.4, -0.2) is 25.2 Å². The molecular formula is C16H23KO4. The summed E-state index contributed by atoms with van der Waals surface area (Å²) in [6, 6.07) is 6.35. The van der Waals surface area contributed by atoms with Crippen LogP contribution in [0.1, 0.15) is 61.7 Å². The zero-order valence-electron chi connectivity index (χ0n) is 14.2. The molecule has 0 bridgehead atoms. The summed E-state index contributed by atoms with van der Waals surface area (Å²) >= 11 is 0. The first-order valence-electron chi connectivity index (χ1n) is 7.13. The maximum Gasteiger partial charge on any atom is 1.00 e. The van der Waals surface area contributed by atoms with E-state index in [9.17, 15) is 9.59 Å². The van der Waals surface area contributed by atoms with Crippen LogP contribution in [0.2, 0.25) is 0 Å². The molecule has 1 aromatic rings. The first-order chi connectivity index (χ1) is 9.69. The first-order valence-corrected chi connectivity index (χ1v) is 7.13. The topological polar surface area (TPSA) is 52.6 Å². The molecule has 0 N–H and O–H groups in total. The van der Waals surface area contributed by atoms with Crippen molar-refractivity contribution in [2.45, 2.75) is 39.5 Å². The predicted octanol–water partition coefficient (Wildman–Crippen LogP) is 0.717. The van der Waals surface area contributed by atoms with Crippen molar-refractivity contribution in [1.82, 2.24) is 0 Å². The summed E-state index contributed by atoms with van der Waals surface area (Å²) in [5.74, 6) is -0.714. The van der Waals surface area contributed by atoms with Gasteiger partial charge in [0.1, 0.15) is 0 Å². The number of rotatable bonds is 8. The molecule has 0 spiro atoms. The Hall–Kier alpha value is -0.204. The Morgan fingerprint density at radius 3 is 1.48 bits per heavy atom. The average Bonchev–Trinajstić information content (AvgIpc) is 2.47. The van der Waals surface area contributed by atoms with Crippen LogP contribution >= 0.6 is 0 Å². The largest absolute Gasteiger partial charge is 1.00 e. The molecule has 1 rings (SSSR count). The Kier molecular flexibility index (Phi) is 12.2. The third kappa shape index (κ3) is 8.11. The van der Waals surface area contributed by atoms with E-state index in [1.54, 1.807) is 24.3 Å². The van der Waals surface area contributed by atoms with Gasteiger partial charge in [0.25, 0.3) is 0 Å². The minimum atomic E-state index is -0.357. The van der Waals surface area contributed by atoms with Crippen LogP contribution in [0.25, 0.3) is 0 Å². The van der Waals surface area contributed by atoms with Crippen molar-refractivity contribution in [3.05, 3.63) is 35.4 Å². The Labute approximate surface area is 170 Å². The normalized spacial score (nSPS) is 9.62. The van der Waals surface area contributed by atoms with Crippen LogP contribution in [0, 0.1) is 0 Å². The molecule has 112 valence electrons. The van der Waals surface area contributed by atoms with E-state index >= 15 is 0 Å². The van der Waals surface area contributed by atoms with Crippen molar-refractivity contribution in [2.75, 3.05) is 13.2 Å². The maximum absolute atomic E-state index is 11.7. The number of hydrogen-bond donors (Lipinski definition) is 0. The van der Waals surface area contributed by atoms with Gasteiger partial charge in [-0.05, 0) is 37.1 Å². The summed E-state index contributed by atoms with van der Waals surface area (Å²) < 4.78 is 10.2. The first kappa shape index (κ1) is 20.8. The van der Waals surface area contributed by atoms with E-state index < -0.39 is 0 Å². The van der Waals surface area contributed by atoms with Crippen LogP contribution in [0.4, 0.5) is 0 Å². The number of hydrogen-bond acceptors (Lipinski definition) is 4. The summed E-state index contributed by atoms with van der Waals surface area (Å²) in [7, 11) is 0. The molecule has 0 unspecified atom stereocenters. The van der Waals surface area contributed by atoms with Gasteiger partial charge in [-0.25, -0.2) is 9.59 Å². The SMILES string of the molecule is CCCCOC(=O)c1ccc(C(=O)OCCCC)cc1.[H-].[K+]. The molecule has 0 aliphatic rings. The standard InChI is InChI=1S/C16H22O4.K.H/c1-3-5-11-19-15(17)13-7-9-14(10-8-13)16(18)20-12-6-4-2;;/h7-10H,3-6,11-12H2,1-2H3;;/q;+1;-1. The molecule has 0 saturated carbocycles. The van der Waals surface area contributed by atoms with Crippen molar-refractivity contribution in [3.8, 4) is 0 Å². The molecule has 0 radical (unpaired) electrons. The second-order valence-electron chi connectivity index (χ2n) is 4.56. The number of ether oxygens (including phenoxy) is 2. The van der Waals surface area contributed by atoms with Crippen LogP contribution in [-0.2, 0) is 9.47 Å². The van der Waals surface area contributed by atoms with Crippen molar-refractivity contribution >= 4 is 11.9 Å². The van der Waals surface area contributed by atoms with Crippen molar-refractivity contribution in [2.24, 2.45) is 0 Å². The Morgan fingerprint density at radius 1 is 0.857 bits per heavy atom. The van der Waals surface area contributed by atoms with Gasteiger partial charge in [0.05, 0.1) is 24.3 Å². The Morgan fingerprint density at radius 2 is 1.19 bits per heavy atom. The van der Waals surface area contributed by atoms with Crippen molar-refractivity contribution in [3.63, 3.8) is 0 Å². The second-order valence-corrected chi connectivity index (χ2v) is 4.56. The number of benzene rings is 1. The minimum absolute atomic E-state index is 0. The quantitative estimate of drug-likeness (QED) is 0.403. The molecule has 1 aromatic carbocycles. The number of carbonyl (C=O) groups excluding carboxylic acids is 2. The van der Waals surface area contributed by atoms with Crippen LogP contribution < -0.4 is 51.4 Å². The smallest absolute Gasteiger partial charge is 1.00 e. The van der Waals surface area contributed by atoms with Crippen LogP contribution in [0.5, 0.6) is 0 Å². The molecule has 4 nitrogen and oxygen atoms in total. The Balaban J connectivity index is 0. The zero-order valence-corrected chi connectivity index (χ0v) is 16.3. The van der Waals surface area contributed by atoms with E-state index in [-0.39, 0.29) is 64.7 Å². The fourth-order valence-electron chi connectivity index (χ4n) is 1.53. The summed E-state index contributed by atoms with van der Waals surface area (Å²) in [4.78, 5) is 23.3. The molecule has 0 saturated heterocycles. The van der Waals surface area contributed by atoms with E-state index in [2.05, 4.69) is 0 Å². The zero-order chi connectivity index (χ0) is 14.8. The Bertz CT molecular complexity index is 393. The van der Waals surface area contributed by atoms with Gasteiger partial charge in [-0.15, -0.1) is 0 Å². The molecule has 0 atom stereocenters. The summed E-state index contributed by atoms with van der Waals surface area (Å²) in [6.07, 6.45) is 3.67. The van der Waals surface area contributed by atoms with Crippen LogP contribution in [0.3, 0.4) is 0 Å².